The Balaban J connectivity index is 1.85. The number of halogens is 1. The monoisotopic (exact) mass is 317 g/mol. The third-order valence-corrected chi connectivity index (χ3v) is 4.07. The van der Waals surface area contributed by atoms with E-state index >= 15 is 0 Å². The van der Waals surface area contributed by atoms with Gasteiger partial charge in [-0.15, -0.1) is 0 Å². The predicted octanol–water partition coefficient (Wildman–Crippen LogP) is 3.34. The molecule has 1 aliphatic rings. The number of nitrogens with zero attached hydrogens (tertiary/aromatic N) is 1. The van der Waals surface area contributed by atoms with Crippen molar-refractivity contribution in [2.24, 2.45) is 5.92 Å². The molecule has 1 saturated carbocycles. The van der Waals surface area contributed by atoms with Gasteiger partial charge in [-0.05, 0) is 36.5 Å². The Bertz CT molecular complexity index is 733. The molecule has 0 bridgehead atoms. The van der Waals surface area contributed by atoms with Crippen LogP contribution in [0.15, 0.2) is 41.0 Å². The number of amides is 1. The Morgan fingerprint density at radius 1 is 1.30 bits per heavy atom. The second kappa shape index (κ2) is 5.87. The number of carboxylic acid groups (broad SMARTS) is 1. The number of furan rings is 1. The number of hydrogen-bond acceptors (Lipinski definition) is 3. The standard InChI is InChI=1S/C17H16FNO4/c1-19(16(20)14-8-12(9-23-14)17(21)22)15(10-2-3-10)11-4-6-13(18)7-5-11/h4-10,15H,2-3H2,1H3,(H,21,22)/t15-/m0/s1. The molecule has 1 N–H and O–H groups in total. The van der Waals surface area contributed by atoms with Crippen LogP contribution in [0.1, 0.15) is 45.4 Å². The largest absolute Gasteiger partial charge is 0.478 e. The number of carboxylic acids is 1. The van der Waals surface area contributed by atoms with Gasteiger partial charge in [-0.2, -0.15) is 0 Å². The lowest BCUT2D eigenvalue weighted by Crippen LogP contribution is -2.32. The van der Waals surface area contributed by atoms with E-state index in [0.29, 0.717) is 5.92 Å². The number of aromatic carboxylic acids is 1. The van der Waals surface area contributed by atoms with Crippen molar-refractivity contribution in [1.82, 2.24) is 4.90 Å². The first-order valence-electron chi connectivity index (χ1n) is 7.32. The molecule has 5 nitrogen and oxygen atoms in total. The molecule has 0 radical (unpaired) electrons. The Hall–Kier alpha value is -2.63. The maximum Gasteiger partial charge on any atom is 0.338 e. The molecule has 2 aromatic rings. The van der Waals surface area contributed by atoms with Crippen LogP contribution in [0.4, 0.5) is 4.39 Å². The highest BCUT2D eigenvalue weighted by atomic mass is 19.1. The van der Waals surface area contributed by atoms with Crippen molar-refractivity contribution in [3.8, 4) is 0 Å². The number of carbonyl (C=O) groups excluding carboxylic acids is 1. The van der Waals surface area contributed by atoms with E-state index in [1.54, 1.807) is 19.2 Å². The molecule has 1 aromatic carbocycles. The summed E-state index contributed by atoms with van der Waals surface area (Å²) in [5.74, 6) is -1.55. The Kier molecular flexibility index (Phi) is 3.90. The molecule has 6 heteroatoms. The van der Waals surface area contributed by atoms with Crippen molar-refractivity contribution in [2.75, 3.05) is 7.05 Å². The highest BCUT2D eigenvalue weighted by Crippen LogP contribution is 2.44. The van der Waals surface area contributed by atoms with Crippen molar-refractivity contribution in [3.05, 3.63) is 59.3 Å². The molecule has 0 unspecified atom stereocenters. The van der Waals surface area contributed by atoms with Crippen LogP contribution in [0.25, 0.3) is 0 Å². The van der Waals surface area contributed by atoms with Gasteiger partial charge in [0.15, 0.2) is 5.76 Å². The number of hydrogen-bond donors (Lipinski definition) is 1. The van der Waals surface area contributed by atoms with Crippen molar-refractivity contribution in [3.63, 3.8) is 0 Å². The van der Waals surface area contributed by atoms with E-state index in [9.17, 15) is 14.0 Å². The van der Waals surface area contributed by atoms with Crippen LogP contribution < -0.4 is 0 Å². The number of carbonyl (C=O) groups is 2. The van der Waals surface area contributed by atoms with Gasteiger partial charge in [-0.25, -0.2) is 9.18 Å². The molecule has 3 rings (SSSR count). The minimum Gasteiger partial charge on any atom is -0.478 e. The maximum absolute atomic E-state index is 13.1. The van der Waals surface area contributed by atoms with Gasteiger partial charge in [0.25, 0.3) is 5.91 Å². The fourth-order valence-electron chi connectivity index (χ4n) is 2.74. The van der Waals surface area contributed by atoms with Crippen LogP contribution in [-0.2, 0) is 0 Å². The second-order valence-electron chi connectivity index (χ2n) is 5.75. The lowest BCUT2D eigenvalue weighted by Gasteiger charge is -2.28. The van der Waals surface area contributed by atoms with Gasteiger partial charge in [0.05, 0.1) is 11.6 Å². The molecule has 0 aliphatic heterocycles. The van der Waals surface area contributed by atoms with Gasteiger partial charge in [0.2, 0.25) is 0 Å². The Morgan fingerprint density at radius 3 is 2.48 bits per heavy atom. The van der Waals surface area contributed by atoms with E-state index in [1.807, 2.05) is 0 Å². The van der Waals surface area contributed by atoms with Gasteiger partial charge >= 0.3 is 5.97 Å². The fraction of sp³-hybridized carbons (Fsp3) is 0.294. The van der Waals surface area contributed by atoms with E-state index in [0.717, 1.165) is 24.7 Å². The molecule has 1 aliphatic carbocycles. The topological polar surface area (TPSA) is 70.8 Å². The van der Waals surface area contributed by atoms with Crippen LogP contribution in [-0.4, -0.2) is 28.9 Å². The van der Waals surface area contributed by atoms with Crippen molar-refractivity contribution in [2.45, 2.75) is 18.9 Å². The summed E-state index contributed by atoms with van der Waals surface area (Å²) in [5, 5.41) is 8.91. The molecule has 1 amide bonds. The number of benzene rings is 1. The van der Waals surface area contributed by atoms with E-state index < -0.39 is 11.9 Å². The van der Waals surface area contributed by atoms with Crippen molar-refractivity contribution >= 4 is 11.9 Å². The Morgan fingerprint density at radius 2 is 1.96 bits per heavy atom. The summed E-state index contributed by atoms with van der Waals surface area (Å²) in [6, 6.07) is 7.13. The molecular formula is C17H16FNO4. The summed E-state index contributed by atoms with van der Waals surface area (Å²) in [4.78, 5) is 25.0. The molecular weight excluding hydrogens is 301 g/mol. The van der Waals surface area contributed by atoms with Crippen LogP contribution in [0.2, 0.25) is 0 Å². The van der Waals surface area contributed by atoms with Gasteiger partial charge in [0, 0.05) is 13.1 Å². The third-order valence-electron chi connectivity index (χ3n) is 4.07. The Labute approximate surface area is 132 Å². The first-order chi connectivity index (χ1) is 11.0. The lowest BCUT2D eigenvalue weighted by atomic mass is 10.0. The molecule has 1 atom stereocenters. The van der Waals surface area contributed by atoms with Crippen LogP contribution >= 0.6 is 0 Å². The zero-order valence-corrected chi connectivity index (χ0v) is 12.5. The zero-order valence-electron chi connectivity index (χ0n) is 12.5. The van der Waals surface area contributed by atoms with E-state index in [2.05, 4.69) is 0 Å². The van der Waals surface area contributed by atoms with Crippen LogP contribution in [0.3, 0.4) is 0 Å². The van der Waals surface area contributed by atoms with Crippen LogP contribution in [0, 0.1) is 11.7 Å². The summed E-state index contributed by atoms with van der Waals surface area (Å²) in [6.45, 7) is 0. The predicted molar refractivity (Wildman–Crippen MR) is 79.6 cm³/mol. The average Bonchev–Trinajstić information content (AvgIpc) is 3.23. The molecule has 1 heterocycles. The molecule has 0 saturated heterocycles. The summed E-state index contributed by atoms with van der Waals surface area (Å²) < 4.78 is 18.2. The SMILES string of the molecule is CN(C(=O)c1cc(C(=O)O)co1)[C@H](c1ccc(F)cc1)C1CC1. The first kappa shape index (κ1) is 15.3. The minimum absolute atomic E-state index is 0.0161. The third kappa shape index (κ3) is 3.11. The van der Waals surface area contributed by atoms with E-state index in [-0.39, 0.29) is 23.2 Å². The first-order valence-corrected chi connectivity index (χ1v) is 7.32. The average molecular weight is 317 g/mol. The smallest absolute Gasteiger partial charge is 0.338 e. The maximum atomic E-state index is 13.1. The molecule has 120 valence electrons. The summed E-state index contributed by atoms with van der Waals surface area (Å²) in [7, 11) is 1.65. The highest BCUT2D eigenvalue weighted by molar-refractivity contribution is 5.95. The quantitative estimate of drug-likeness (QED) is 0.918. The highest BCUT2D eigenvalue weighted by Gasteiger charge is 2.37. The zero-order chi connectivity index (χ0) is 16.6. The summed E-state index contributed by atoms with van der Waals surface area (Å²) in [5.41, 5.74) is 0.793. The molecule has 0 spiro atoms. The molecule has 23 heavy (non-hydrogen) atoms. The minimum atomic E-state index is -1.15. The fourth-order valence-corrected chi connectivity index (χ4v) is 2.74. The summed E-state index contributed by atoms with van der Waals surface area (Å²) >= 11 is 0. The van der Waals surface area contributed by atoms with Crippen molar-refractivity contribution in [1.29, 1.82) is 0 Å². The van der Waals surface area contributed by atoms with Crippen molar-refractivity contribution < 1.29 is 23.5 Å². The lowest BCUT2D eigenvalue weighted by molar-refractivity contribution is 0.0675. The van der Waals surface area contributed by atoms with E-state index in [4.69, 9.17) is 9.52 Å². The number of rotatable bonds is 5. The van der Waals surface area contributed by atoms with Gasteiger partial charge in [-0.1, -0.05) is 12.1 Å². The molecule has 1 fully saturated rings. The van der Waals surface area contributed by atoms with Gasteiger partial charge in [-0.3, -0.25) is 4.79 Å². The summed E-state index contributed by atoms with van der Waals surface area (Å²) in [6.07, 6.45) is 3.05. The molecule has 1 aromatic heterocycles. The van der Waals surface area contributed by atoms with E-state index in [1.165, 1.54) is 23.1 Å². The second-order valence-corrected chi connectivity index (χ2v) is 5.75. The van der Waals surface area contributed by atoms with Gasteiger partial charge < -0.3 is 14.4 Å². The van der Waals surface area contributed by atoms with Crippen LogP contribution in [0.5, 0.6) is 0 Å². The van der Waals surface area contributed by atoms with Gasteiger partial charge in [0.1, 0.15) is 12.1 Å². The normalized spacial score (nSPS) is 15.2.